The molecule has 1 fully saturated rings. The van der Waals surface area contributed by atoms with Gasteiger partial charge in [-0.1, -0.05) is 90.1 Å². The highest BCUT2D eigenvalue weighted by Crippen LogP contribution is 2.30. The number of hydrogen-bond acceptors (Lipinski definition) is 4. The van der Waals surface area contributed by atoms with Crippen LogP contribution in [0.2, 0.25) is 0 Å². The van der Waals surface area contributed by atoms with Gasteiger partial charge >= 0.3 is 0 Å². The summed E-state index contributed by atoms with van der Waals surface area (Å²) >= 11 is 0. The predicted octanol–water partition coefficient (Wildman–Crippen LogP) is 6.31. The van der Waals surface area contributed by atoms with Crippen LogP contribution in [0, 0.1) is 6.92 Å². The second-order valence-corrected chi connectivity index (χ2v) is 9.53. The van der Waals surface area contributed by atoms with Gasteiger partial charge < -0.3 is 4.90 Å². The van der Waals surface area contributed by atoms with E-state index in [0.29, 0.717) is 0 Å². The van der Waals surface area contributed by atoms with E-state index in [0.717, 1.165) is 73.9 Å². The summed E-state index contributed by atoms with van der Waals surface area (Å²) in [6, 6.07) is 8.64. The lowest BCUT2D eigenvalue weighted by Gasteiger charge is -2.35. The molecule has 0 atom stereocenters. The topological polar surface area (TPSA) is 32.3 Å². The molecule has 178 valence electrons. The predicted molar refractivity (Wildman–Crippen MR) is 147 cm³/mol. The average molecular weight is 463 g/mol. The largest absolute Gasteiger partial charge is 0.353 e. The van der Waals surface area contributed by atoms with Gasteiger partial charge in [0.25, 0.3) is 0 Å². The van der Waals surface area contributed by atoms with Gasteiger partial charge in [-0.2, -0.15) is 0 Å². The number of allylic oxidation sites excluding steroid dienone is 10. The highest BCUT2D eigenvalue weighted by Gasteiger charge is 2.21. The van der Waals surface area contributed by atoms with Crippen molar-refractivity contribution in [3.8, 4) is 11.3 Å². The molecular formula is C31H34N4. The molecule has 1 aromatic carbocycles. The van der Waals surface area contributed by atoms with E-state index in [1.54, 1.807) is 0 Å². The second-order valence-electron chi connectivity index (χ2n) is 9.53. The first-order chi connectivity index (χ1) is 17.2. The van der Waals surface area contributed by atoms with Crippen LogP contribution in [-0.2, 0) is 0 Å². The van der Waals surface area contributed by atoms with Crippen LogP contribution in [0.1, 0.15) is 31.0 Å². The average Bonchev–Trinajstić information content (AvgIpc) is 3.27. The fourth-order valence-corrected chi connectivity index (χ4v) is 4.70. The van der Waals surface area contributed by atoms with Crippen LogP contribution in [0.15, 0.2) is 96.3 Å². The number of anilines is 1. The molecule has 1 aliphatic heterocycles. The summed E-state index contributed by atoms with van der Waals surface area (Å²) in [5, 5.41) is 0. The monoisotopic (exact) mass is 462 g/mol. The molecule has 2 heterocycles. The minimum absolute atomic E-state index is 0.911. The molecule has 0 N–H and O–H groups in total. The molecule has 0 unspecified atom stereocenters. The fourth-order valence-electron chi connectivity index (χ4n) is 4.70. The first-order valence-corrected chi connectivity index (χ1v) is 12.6. The molecule has 4 nitrogen and oxygen atoms in total. The van der Waals surface area contributed by atoms with Crippen LogP contribution < -0.4 is 4.90 Å². The lowest BCUT2D eigenvalue weighted by atomic mass is 10.0. The third-order valence-corrected chi connectivity index (χ3v) is 6.84. The van der Waals surface area contributed by atoms with Crippen molar-refractivity contribution in [1.29, 1.82) is 0 Å². The minimum atomic E-state index is 0.911. The number of rotatable bonds is 5. The highest BCUT2D eigenvalue weighted by atomic mass is 15.3. The van der Waals surface area contributed by atoms with E-state index in [1.807, 2.05) is 6.20 Å². The minimum Gasteiger partial charge on any atom is -0.353 e. The second kappa shape index (κ2) is 10.8. The Balaban J connectivity index is 1.37. The summed E-state index contributed by atoms with van der Waals surface area (Å²) in [6.07, 6.45) is 23.8. The Hall–Kier alpha value is -3.50. The van der Waals surface area contributed by atoms with Gasteiger partial charge in [0.05, 0.1) is 17.6 Å². The van der Waals surface area contributed by atoms with Crippen LogP contribution in [0.25, 0.3) is 16.8 Å². The summed E-state index contributed by atoms with van der Waals surface area (Å²) in [7, 11) is 0. The molecule has 4 heteroatoms. The molecule has 2 aliphatic carbocycles. The third-order valence-electron chi connectivity index (χ3n) is 6.84. The number of piperazine rings is 1. The Kier molecular flexibility index (Phi) is 7.20. The van der Waals surface area contributed by atoms with Gasteiger partial charge in [0, 0.05) is 38.3 Å². The zero-order valence-electron chi connectivity index (χ0n) is 20.8. The van der Waals surface area contributed by atoms with Crippen molar-refractivity contribution in [3.63, 3.8) is 0 Å². The molecule has 0 amide bonds. The fraction of sp³-hybridized carbons (Fsp3) is 0.290. The Morgan fingerprint density at radius 3 is 2.46 bits per heavy atom. The van der Waals surface area contributed by atoms with Crippen molar-refractivity contribution in [1.82, 2.24) is 14.9 Å². The number of benzene rings is 1. The van der Waals surface area contributed by atoms with Gasteiger partial charge in [0.15, 0.2) is 0 Å². The van der Waals surface area contributed by atoms with Crippen molar-refractivity contribution < 1.29 is 0 Å². The first kappa shape index (κ1) is 23.3. The van der Waals surface area contributed by atoms with Crippen LogP contribution in [0.5, 0.6) is 0 Å². The van der Waals surface area contributed by atoms with Gasteiger partial charge in [0.1, 0.15) is 5.82 Å². The smallest absolute Gasteiger partial charge is 0.147 e. The first-order valence-electron chi connectivity index (χ1n) is 12.6. The summed E-state index contributed by atoms with van der Waals surface area (Å²) < 4.78 is 0. The van der Waals surface area contributed by atoms with Gasteiger partial charge in [-0.3, -0.25) is 9.88 Å². The zero-order valence-corrected chi connectivity index (χ0v) is 20.8. The van der Waals surface area contributed by atoms with Crippen LogP contribution in [0.4, 0.5) is 5.82 Å². The van der Waals surface area contributed by atoms with Crippen molar-refractivity contribution >= 4 is 11.4 Å². The maximum Gasteiger partial charge on any atom is 0.147 e. The molecule has 3 aliphatic rings. The summed E-state index contributed by atoms with van der Waals surface area (Å²) in [6.45, 7) is 9.25. The summed E-state index contributed by atoms with van der Waals surface area (Å²) in [5.74, 6) is 0.967. The summed E-state index contributed by atoms with van der Waals surface area (Å²) in [5.41, 5.74) is 8.10. The molecule has 1 saturated heterocycles. The highest BCUT2D eigenvalue weighted by molar-refractivity contribution is 5.83. The lowest BCUT2D eigenvalue weighted by molar-refractivity contribution is 0.279. The number of nitrogens with zero attached hydrogens (tertiary/aromatic N) is 4. The normalized spacial score (nSPS) is 18.6. The van der Waals surface area contributed by atoms with Crippen molar-refractivity contribution in [2.75, 3.05) is 37.6 Å². The molecule has 0 bridgehead atoms. The number of aryl methyl sites for hydroxylation is 1. The van der Waals surface area contributed by atoms with Gasteiger partial charge in [-0.05, 0) is 37.8 Å². The third kappa shape index (κ3) is 5.77. The standard InChI is InChI=1S/C31H34N4/c1-24-8-7-11-27(15-12-24)30-31(28-16-13-25(2)14-17-28)33-29(22-32-30)35-20-18-34(19-21-35)23-26-9-5-3-4-6-10-26/h3-5,8-17,22H,6-7,18-21,23H2,1-2H3. The Labute approximate surface area is 209 Å². The van der Waals surface area contributed by atoms with Gasteiger partial charge in [0.2, 0.25) is 0 Å². The van der Waals surface area contributed by atoms with Crippen LogP contribution in [0.3, 0.4) is 0 Å². The number of hydrogen-bond donors (Lipinski definition) is 0. The molecular weight excluding hydrogens is 428 g/mol. The van der Waals surface area contributed by atoms with Gasteiger partial charge in [-0.15, -0.1) is 0 Å². The van der Waals surface area contributed by atoms with Crippen LogP contribution >= 0.6 is 0 Å². The van der Waals surface area contributed by atoms with E-state index in [9.17, 15) is 0 Å². The van der Waals surface area contributed by atoms with E-state index < -0.39 is 0 Å². The quantitative estimate of drug-likeness (QED) is 0.521. The van der Waals surface area contributed by atoms with E-state index in [-0.39, 0.29) is 0 Å². The maximum atomic E-state index is 5.20. The Bertz CT molecular complexity index is 1230. The van der Waals surface area contributed by atoms with E-state index >= 15 is 0 Å². The molecule has 0 spiro atoms. The molecule has 1 aromatic heterocycles. The van der Waals surface area contributed by atoms with Crippen molar-refractivity contribution in [2.24, 2.45) is 0 Å². The molecule has 2 aromatic rings. The zero-order chi connectivity index (χ0) is 24.0. The SMILES string of the molecule is CC1=CCC=C(c2ncc(N3CCN(CC4=CCC=CC=C4)CC3)nc2-c2ccc(C)cc2)C=C1. The number of aromatic nitrogens is 2. The molecule has 5 rings (SSSR count). The summed E-state index contributed by atoms with van der Waals surface area (Å²) in [4.78, 5) is 15.1. The van der Waals surface area contributed by atoms with Crippen molar-refractivity contribution in [3.05, 3.63) is 108 Å². The Morgan fingerprint density at radius 1 is 0.800 bits per heavy atom. The maximum absolute atomic E-state index is 5.20. The van der Waals surface area contributed by atoms with Crippen molar-refractivity contribution in [2.45, 2.75) is 26.7 Å². The van der Waals surface area contributed by atoms with E-state index in [4.69, 9.17) is 9.97 Å². The Morgan fingerprint density at radius 2 is 1.63 bits per heavy atom. The van der Waals surface area contributed by atoms with E-state index in [1.165, 1.54) is 16.7 Å². The molecule has 35 heavy (non-hydrogen) atoms. The van der Waals surface area contributed by atoms with Gasteiger partial charge in [-0.25, -0.2) is 4.98 Å². The molecule has 0 saturated carbocycles. The van der Waals surface area contributed by atoms with E-state index in [2.05, 4.69) is 103 Å². The lowest BCUT2D eigenvalue weighted by Crippen LogP contribution is -2.47. The van der Waals surface area contributed by atoms with Crippen LogP contribution in [-0.4, -0.2) is 47.6 Å². The molecule has 0 radical (unpaired) electrons.